The summed E-state index contributed by atoms with van der Waals surface area (Å²) in [5, 5.41) is 0.760. The van der Waals surface area contributed by atoms with Crippen LogP contribution in [0.1, 0.15) is 32.3 Å². The van der Waals surface area contributed by atoms with Gasteiger partial charge in [-0.2, -0.15) is 11.8 Å². The normalized spacial score (nSPS) is 30.2. The van der Waals surface area contributed by atoms with E-state index in [0.717, 1.165) is 10.9 Å². The van der Waals surface area contributed by atoms with E-state index in [9.17, 15) is 0 Å². The monoisotopic (exact) mass is 276 g/mol. The zero-order chi connectivity index (χ0) is 13.5. The van der Waals surface area contributed by atoms with Crippen molar-refractivity contribution in [3.8, 4) is 0 Å². The Labute approximate surface area is 120 Å². The molecule has 2 nitrogen and oxygen atoms in total. The molecule has 2 unspecified atom stereocenters. The predicted octanol–water partition coefficient (Wildman–Crippen LogP) is 3.13. The first-order valence-corrected chi connectivity index (χ1v) is 8.37. The van der Waals surface area contributed by atoms with Crippen LogP contribution in [0.5, 0.6) is 0 Å². The number of hydrogen-bond acceptors (Lipinski definition) is 3. The van der Waals surface area contributed by atoms with Crippen molar-refractivity contribution < 1.29 is 0 Å². The van der Waals surface area contributed by atoms with Crippen LogP contribution in [0.15, 0.2) is 24.3 Å². The van der Waals surface area contributed by atoms with Crippen LogP contribution in [-0.4, -0.2) is 35.0 Å². The van der Waals surface area contributed by atoms with Gasteiger partial charge in [-0.05, 0) is 37.5 Å². The van der Waals surface area contributed by atoms with E-state index in [1.54, 1.807) is 0 Å². The van der Waals surface area contributed by atoms with Crippen molar-refractivity contribution in [1.82, 2.24) is 4.90 Å². The molecule has 1 saturated heterocycles. The molecule has 2 N–H and O–H groups in total. The highest BCUT2D eigenvalue weighted by Gasteiger charge is 2.46. The number of anilines is 1. The lowest BCUT2D eigenvalue weighted by Crippen LogP contribution is -2.47. The lowest BCUT2D eigenvalue weighted by molar-refractivity contribution is 0.194. The second kappa shape index (κ2) is 5.02. The third kappa shape index (κ3) is 2.63. The molecule has 2 fully saturated rings. The maximum atomic E-state index is 5.80. The molecule has 0 radical (unpaired) electrons. The largest absolute Gasteiger partial charge is 0.399 e. The van der Waals surface area contributed by atoms with Crippen LogP contribution in [0, 0.1) is 0 Å². The van der Waals surface area contributed by atoms with Gasteiger partial charge in [0.15, 0.2) is 0 Å². The Kier molecular flexibility index (Phi) is 3.52. The smallest absolute Gasteiger partial charge is 0.0314 e. The van der Waals surface area contributed by atoms with Crippen molar-refractivity contribution in [3.05, 3.63) is 29.8 Å². The molecule has 3 rings (SSSR count). The molecule has 19 heavy (non-hydrogen) atoms. The van der Waals surface area contributed by atoms with Crippen molar-refractivity contribution in [2.45, 2.75) is 43.4 Å². The van der Waals surface area contributed by atoms with Crippen molar-refractivity contribution in [3.63, 3.8) is 0 Å². The first kappa shape index (κ1) is 13.3. The summed E-state index contributed by atoms with van der Waals surface area (Å²) in [6, 6.07) is 9.26. The summed E-state index contributed by atoms with van der Waals surface area (Å²) in [6.07, 6.45) is 2.67. The van der Waals surface area contributed by atoms with Gasteiger partial charge < -0.3 is 5.73 Å². The molecule has 104 valence electrons. The zero-order valence-electron chi connectivity index (χ0n) is 11.9. The molecular formula is C16H24N2S. The first-order chi connectivity index (χ1) is 9.11. The van der Waals surface area contributed by atoms with Crippen molar-refractivity contribution in [2.75, 3.05) is 24.6 Å². The second-order valence-electron chi connectivity index (χ2n) is 6.19. The standard InChI is InChI=1S/C16H24N2S/c1-12-13(2)19-10-9-18(12)11-16(7-8-16)14-3-5-15(17)6-4-14/h3-6,12-13H,7-11,17H2,1-2H3. The minimum absolute atomic E-state index is 0.420. The third-order valence-corrected chi connectivity index (χ3v) is 6.23. The van der Waals surface area contributed by atoms with Crippen molar-refractivity contribution in [2.24, 2.45) is 0 Å². The van der Waals surface area contributed by atoms with Gasteiger partial charge in [0.1, 0.15) is 0 Å². The Balaban J connectivity index is 1.73. The van der Waals surface area contributed by atoms with E-state index in [-0.39, 0.29) is 0 Å². The summed E-state index contributed by atoms with van der Waals surface area (Å²) in [7, 11) is 0. The molecule has 0 aromatic heterocycles. The Bertz CT molecular complexity index is 439. The number of rotatable bonds is 3. The molecule has 1 saturated carbocycles. The van der Waals surface area contributed by atoms with E-state index < -0.39 is 0 Å². The van der Waals surface area contributed by atoms with Gasteiger partial charge in [-0.1, -0.05) is 19.1 Å². The average Bonchev–Trinajstić information content (AvgIpc) is 3.17. The highest BCUT2D eigenvalue weighted by Crippen LogP contribution is 2.49. The van der Waals surface area contributed by atoms with Crippen LogP contribution in [0.25, 0.3) is 0 Å². The fourth-order valence-corrected chi connectivity index (χ4v) is 4.30. The summed E-state index contributed by atoms with van der Waals surface area (Å²) in [5.41, 5.74) is 8.58. The molecule has 3 heteroatoms. The molecule has 0 spiro atoms. The lowest BCUT2D eigenvalue weighted by atomic mass is 9.94. The predicted molar refractivity (Wildman–Crippen MR) is 84.7 cm³/mol. The number of nitrogens with two attached hydrogens (primary N) is 1. The summed E-state index contributed by atoms with van der Waals surface area (Å²) in [5.74, 6) is 1.28. The maximum absolute atomic E-state index is 5.80. The number of hydrogen-bond donors (Lipinski definition) is 1. The molecule has 1 aliphatic carbocycles. The molecule has 2 aliphatic rings. The molecule has 0 amide bonds. The Morgan fingerprint density at radius 2 is 1.95 bits per heavy atom. The topological polar surface area (TPSA) is 29.3 Å². The molecule has 1 aromatic rings. The van der Waals surface area contributed by atoms with Crippen LogP contribution in [0.3, 0.4) is 0 Å². The van der Waals surface area contributed by atoms with Crippen molar-refractivity contribution >= 4 is 17.4 Å². The van der Waals surface area contributed by atoms with Gasteiger partial charge in [0.2, 0.25) is 0 Å². The third-order valence-electron chi connectivity index (χ3n) is 4.90. The summed E-state index contributed by atoms with van der Waals surface area (Å²) < 4.78 is 0. The van der Waals surface area contributed by atoms with E-state index in [1.807, 2.05) is 12.1 Å². The van der Waals surface area contributed by atoms with Crippen LogP contribution >= 0.6 is 11.8 Å². The van der Waals surface area contributed by atoms with E-state index in [1.165, 1.54) is 37.2 Å². The number of thioether (sulfide) groups is 1. The van der Waals surface area contributed by atoms with Gasteiger partial charge in [-0.15, -0.1) is 0 Å². The Morgan fingerprint density at radius 3 is 2.58 bits per heavy atom. The SMILES string of the molecule is CC1SCCN(CC2(c3ccc(N)cc3)CC2)C1C. The van der Waals surface area contributed by atoms with E-state index in [2.05, 4.69) is 42.6 Å². The van der Waals surface area contributed by atoms with Crippen LogP contribution in [-0.2, 0) is 5.41 Å². The highest BCUT2D eigenvalue weighted by atomic mass is 32.2. The lowest BCUT2D eigenvalue weighted by Gasteiger charge is -2.39. The zero-order valence-corrected chi connectivity index (χ0v) is 12.7. The quantitative estimate of drug-likeness (QED) is 0.860. The number of nitrogen functional groups attached to an aromatic ring is 1. The Hall–Kier alpha value is -0.670. The van der Waals surface area contributed by atoms with Crippen LogP contribution in [0.4, 0.5) is 5.69 Å². The molecule has 1 heterocycles. The number of benzene rings is 1. The van der Waals surface area contributed by atoms with Crippen molar-refractivity contribution in [1.29, 1.82) is 0 Å². The molecule has 1 aromatic carbocycles. The Morgan fingerprint density at radius 1 is 1.26 bits per heavy atom. The minimum Gasteiger partial charge on any atom is -0.399 e. The van der Waals surface area contributed by atoms with E-state index in [0.29, 0.717) is 11.5 Å². The van der Waals surface area contributed by atoms with Gasteiger partial charge in [-0.3, -0.25) is 4.90 Å². The van der Waals surface area contributed by atoms with E-state index in [4.69, 9.17) is 5.73 Å². The number of nitrogens with zero attached hydrogens (tertiary/aromatic N) is 1. The van der Waals surface area contributed by atoms with Gasteiger partial charge in [0, 0.05) is 41.2 Å². The second-order valence-corrected chi connectivity index (χ2v) is 7.67. The molecular weight excluding hydrogens is 252 g/mol. The van der Waals surface area contributed by atoms with Gasteiger partial charge in [0.05, 0.1) is 0 Å². The summed E-state index contributed by atoms with van der Waals surface area (Å²) in [6.45, 7) is 7.22. The summed E-state index contributed by atoms with van der Waals surface area (Å²) >= 11 is 2.12. The van der Waals surface area contributed by atoms with Crippen LogP contribution in [0.2, 0.25) is 0 Å². The average molecular weight is 276 g/mol. The van der Waals surface area contributed by atoms with Gasteiger partial charge in [0.25, 0.3) is 0 Å². The first-order valence-electron chi connectivity index (χ1n) is 7.32. The van der Waals surface area contributed by atoms with Crippen LogP contribution < -0.4 is 5.73 Å². The molecule has 0 bridgehead atoms. The fourth-order valence-electron chi connectivity index (χ4n) is 3.13. The minimum atomic E-state index is 0.420. The van der Waals surface area contributed by atoms with Gasteiger partial charge >= 0.3 is 0 Å². The highest BCUT2D eigenvalue weighted by molar-refractivity contribution is 8.00. The summed E-state index contributed by atoms with van der Waals surface area (Å²) in [4.78, 5) is 2.70. The molecule has 2 atom stereocenters. The van der Waals surface area contributed by atoms with Gasteiger partial charge in [-0.25, -0.2) is 0 Å². The molecule has 1 aliphatic heterocycles. The van der Waals surface area contributed by atoms with E-state index >= 15 is 0 Å². The fraction of sp³-hybridized carbons (Fsp3) is 0.625. The maximum Gasteiger partial charge on any atom is 0.0314 e.